The number of esters is 1. The Labute approximate surface area is 523 Å². The van der Waals surface area contributed by atoms with Crippen molar-refractivity contribution in [2.75, 3.05) is 57.4 Å². The monoisotopic (exact) mass is 1280 g/mol. The maximum Gasteiger partial charge on any atom is 0.305 e. The largest absolute Gasteiger partial charge is 0.465 e. The van der Waals surface area contributed by atoms with E-state index in [1.165, 1.54) is 18.7 Å². The van der Waals surface area contributed by atoms with Gasteiger partial charge in [-0.2, -0.15) is 11.8 Å². The molecule has 89 heavy (non-hydrogen) atoms. The van der Waals surface area contributed by atoms with Gasteiger partial charge in [-0.25, -0.2) is 0 Å². The van der Waals surface area contributed by atoms with Gasteiger partial charge in [0.05, 0.1) is 18.2 Å². The van der Waals surface area contributed by atoms with E-state index < -0.39 is 157 Å². The summed E-state index contributed by atoms with van der Waals surface area (Å²) >= 11 is 1.39. The molecule has 32 nitrogen and oxygen atoms in total. The smallest absolute Gasteiger partial charge is 0.305 e. The van der Waals surface area contributed by atoms with Crippen LogP contribution < -0.4 is 92.9 Å². The van der Waals surface area contributed by atoms with Gasteiger partial charge >= 0.3 is 5.97 Å². The van der Waals surface area contributed by atoms with Gasteiger partial charge < -0.3 is 108 Å². The van der Waals surface area contributed by atoms with Crippen LogP contribution in [0.3, 0.4) is 0 Å². The van der Waals surface area contributed by atoms with Gasteiger partial charge in [-0.3, -0.25) is 57.5 Å². The summed E-state index contributed by atoms with van der Waals surface area (Å²) in [6, 6.07) is -7.78. The molecule has 1 aliphatic heterocycles. The van der Waals surface area contributed by atoms with Crippen LogP contribution in [-0.4, -0.2) is 217 Å². The number of hydrogen-bond donors (Lipinski definition) is 19. The summed E-state index contributed by atoms with van der Waals surface area (Å²) in [6.45, 7) is 6.39. The lowest BCUT2D eigenvalue weighted by molar-refractivity contribution is -0.142. The molecule has 1 aromatic carbocycles. The number of amides is 11. The predicted octanol–water partition coefficient (Wildman–Crippen LogP) is -7.45. The zero-order valence-corrected chi connectivity index (χ0v) is 52.3. The highest BCUT2D eigenvalue weighted by atomic mass is 32.2. The fourth-order valence-electron chi connectivity index (χ4n) is 8.91. The first-order chi connectivity index (χ1) is 42.2. The Kier molecular flexibility index (Phi) is 36.8. The first-order valence-electron chi connectivity index (χ1n) is 30.0. The molecule has 11 amide bonds. The second-order valence-corrected chi connectivity index (χ2v) is 23.0. The highest BCUT2D eigenvalue weighted by Crippen LogP contribution is 2.12. The average Bonchev–Trinajstić information content (AvgIpc) is 3.69. The topological polar surface area (TPSA) is 543 Å². The lowest BCUT2D eigenvalue weighted by atomic mass is 10.00. The molecule has 1 aliphatic rings. The fourth-order valence-corrected chi connectivity index (χ4v) is 9.74. The first kappa shape index (κ1) is 78.0. The Hall–Kier alpha value is -7.11. The molecule has 1 saturated heterocycles. The third-order valence-corrected chi connectivity index (χ3v) is 14.9. The van der Waals surface area contributed by atoms with Crippen LogP contribution in [0.1, 0.15) is 98.0 Å². The second kappa shape index (κ2) is 42.0. The van der Waals surface area contributed by atoms with Gasteiger partial charge in [-0.05, 0) is 115 Å². The van der Waals surface area contributed by atoms with Crippen molar-refractivity contribution in [3.63, 3.8) is 0 Å². The molecule has 0 spiro atoms. The van der Waals surface area contributed by atoms with E-state index in [2.05, 4.69) is 58.5 Å². The number of thioether (sulfide) groups is 1. The highest BCUT2D eigenvalue weighted by molar-refractivity contribution is 7.99. The third kappa shape index (κ3) is 28.5. The number of rotatable bonds is 31. The highest BCUT2D eigenvalue weighted by Gasteiger charge is 2.38. The second-order valence-electron chi connectivity index (χ2n) is 21.8. The maximum absolute atomic E-state index is 14.6. The Morgan fingerprint density at radius 3 is 1.61 bits per heavy atom. The lowest BCUT2D eigenvalue weighted by Crippen LogP contribution is -2.62. The van der Waals surface area contributed by atoms with Crippen molar-refractivity contribution in [2.45, 2.75) is 177 Å². The Balaban J connectivity index is 2.63. The Morgan fingerprint density at radius 2 is 1.09 bits per heavy atom. The minimum absolute atomic E-state index is 0.0329. The summed E-state index contributed by atoms with van der Waals surface area (Å²) in [5, 5.41) is 49.4. The molecule has 0 unspecified atom stereocenters. The van der Waals surface area contributed by atoms with Crippen LogP contribution in [0, 0.1) is 5.92 Å². The SMILES string of the molecule is CCC(=O)OCCSCC[C@H](N)C(=O)N[C@@H](CCN)C(=O)N[C@H](C(=O)N[C@@H](CCN)C(=O)N[C@H]1CCNC(=O)[C@H]([C@@H](C)O)NC(=O)[C@H](CCN)NC(=O)[C@H](CCN)NC(=O)[C@H](CC(C)C)NC(=O)[C@@H](Cc2ccccc2)NC(=O)[C@H](CCN)NC1=O)[C@@H](C)O. The summed E-state index contributed by atoms with van der Waals surface area (Å²) in [7, 11) is 0. The number of aliphatic hydroxyl groups is 2. The first-order valence-corrected chi connectivity index (χ1v) is 31.1. The standard InChI is InChI=1S/C56H97N17O15S/c1-6-43(76)88-25-27-89-26-18-34(62)46(77)64-38(15-22-60)51(82)73-45(32(5)75)56(87)69-37(14-21-59)48(79)68-40-17-24-63-55(86)44(31(4)74)72-52(83)39(16-23-61)66-47(78)35(12-19-57)67-53(84)41(28-30(2)3)70-54(85)42(29-33-10-8-7-9-11-33)71-49(80)36(13-20-58)65-50(40)81/h7-11,30-32,34-42,44-45,74-75H,6,12-29,57-62H2,1-5H3,(H,63,86)(H,64,77)(H,65,81)(H,66,78)(H,67,84)(H,68,79)(H,69,87)(H,70,85)(H,71,80)(H,72,83)(H,73,82)/t31-,32-,34+,35+,36+,37+,38+,39+,40+,41+,42-,44+,45+/m1/s1. The Bertz CT molecular complexity index is 2470. The quantitative estimate of drug-likeness (QED) is 0.0243. The van der Waals surface area contributed by atoms with Crippen LogP contribution in [0.2, 0.25) is 0 Å². The van der Waals surface area contributed by atoms with Crippen molar-refractivity contribution in [1.29, 1.82) is 0 Å². The van der Waals surface area contributed by atoms with Crippen LogP contribution in [-0.2, 0) is 68.7 Å². The number of aliphatic hydroxyl groups excluding tert-OH is 2. The van der Waals surface area contributed by atoms with Crippen LogP contribution in [0.25, 0.3) is 0 Å². The predicted molar refractivity (Wildman–Crippen MR) is 329 cm³/mol. The van der Waals surface area contributed by atoms with Crippen LogP contribution >= 0.6 is 11.8 Å². The van der Waals surface area contributed by atoms with Crippen molar-refractivity contribution in [3.8, 4) is 0 Å². The number of nitrogens with two attached hydrogens (primary N) is 6. The number of hydrogen-bond acceptors (Lipinski definition) is 22. The van der Waals surface area contributed by atoms with Crippen molar-refractivity contribution < 1.29 is 72.5 Å². The van der Waals surface area contributed by atoms with Crippen LogP contribution in [0.5, 0.6) is 0 Å². The molecular weight excluding hydrogens is 1180 g/mol. The molecule has 0 radical (unpaired) electrons. The molecule has 1 aromatic rings. The number of ether oxygens (including phenoxy) is 1. The van der Waals surface area contributed by atoms with Crippen LogP contribution in [0.15, 0.2) is 30.3 Å². The number of benzene rings is 1. The molecule has 1 heterocycles. The zero-order chi connectivity index (χ0) is 66.8. The Morgan fingerprint density at radius 1 is 0.596 bits per heavy atom. The summed E-state index contributed by atoms with van der Waals surface area (Å²) < 4.78 is 5.03. The van der Waals surface area contributed by atoms with Crippen molar-refractivity contribution in [3.05, 3.63) is 35.9 Å². The summed E-state index contributed by atoms with van der Waals surface area (Å²) in [6.07, 6.45) is -4.42. The van der Waals surface area contributed by atoms with E-state index in [1.54, 1.807) is 51.1 Å². The van der Waals surface area contributed by atoms with E-state index in [4.69, 9.17) is 39.1 Å². The fraction of sp³-hybridized carbons (Fsp3) is 0.679. The van der Waals surface area contributed by atoms with Crippen LogP contribution in [0.4, 0.5) is 0 Å². The summed E-state index contributed by atoms with van der Waals surface area (Å²) in [5.41, 5.74) is 36.0. The number of carbonyl (C=O) groups excluding carboxylic acids is 12. The average molecular weight is 1280 g/mol. The van der Waals surface area contributed by atoms with Crippen molar-refractivity contribution in [1.82, 2.24) is 58.5 Å². The van der Waals surface area contributed by atoms with Gasteiger partial charge in [0, 0.05) is 25.1 Å². The molecule has 502 valence electrons. The lowest BCUT2D eigenvalue weighted by Gasteiger charge is -2.29. The van der Waals surface area contributed by atoms with Gasteiger partial charge in [-0.1, -0.05) is 51.1 Å². The molecule has 0 saturated carbocycles. The number of carbonyl (C=O) groups is 12. The van der Waals surface area contributed by atoms with E-state index in [0.29, 0.717) is 17.1 Å². The van der Waals surface area contributed by atoms with Gasteiger partial charge in [0.25, 0.3) is 0 Å². The van der Waals surface area contributed by atoms with Gasteiger partial charge in [-0.15, -0.1) is 0 Å². The summed E-state index contributed by atoms with van der Waals surface area (Å²) in [5.74, 6) is -10.1. The number of nitrogens with one attached hydrogen (secondary N) is 11. The molecule has 25 N–H and O–H groups in total. The molecule has 2 rings (SSSR count). The van der Waals surface area contributed by atoms with Crippen molar-refractivity contribution >= 4 is 82.7 Å². The normalized spacial score (nSPS) is 22.3. The van der Waals surface area contributed by atoms with E-state index >= 15 is 0 Å². The minimum atomic E-state index is -1.78. The molecular formula is C56H97N17O15S. The van der Waals surface area contributed by atoms with E-state index in [1.807, 2.05) is 0 Å². The molecule has 33 heteroatoms. The molecule has 1 fully saturated rings. The van der Waals surface area contributed by atoms with E-state index in [0.717, 1.165) is 6.92 Å². The zero-order valence-electron chi connectivity index (χ0n) is 51.5. The molecule has 0 aromatic heterocycles. The van der Waals surface area contributed by atoms with Crippen molar-refractivity contribution in [2.24, 2.45) is 40.3 Å². The third-order valence-electron chi connectivity index (χ3n) is 13.9. The molecule has 13 atom stereocenters. The summed E-state index contributed by atoms with van der Waals surface area (Å²) in [4.78, 5) is 166. The minimum Gasteiger partial charge on any atom is -0.465 e. The van der Waals surface area contributed by atoms with Gasteiger partial charge in [0.15, 0.2) is 0 Å². The van der Waals surface area contributed by atoms with Gasteiger partial charge in [0.1, 0.15) is 67.0 Å². The van der Waals surface area contributed by atoms with Gasteiger partial charge in [0.2, 0.25) is 65.0 Å². The van der Waals surface area contributed by atoms with E-state index in [-0.39, 0.29) is 109 Å². The molecule has 0 aliphatic carbocycles. The maximum atomic E-state index is 14.6. The van der Waals surface area contributed by atoms with E-state index in [9.17, 15) is 67.7 Å². The molecule has 0 bridgehead atoms.